The highest BCUT2D eigenvalue weighted by Gasteiger charge is 2.47. The minimum atomic E-state index is -2.15. The van der Waals surface area contributed by atoms with Gasteiger partial charge in [-0.25, -0.2) is 8.78 Å². The maximum absolute atomic E-state index is 14.6. The number of aromatic nitrogens is 1. The maximum Gasteiger partial charge on any atom is 0.182 e. The van der Waals surface area contributed by atoms with E-state index >= 15 is 0 Å². The summed E-state index contributed by atoms with van der Waals surface area (Å²) < 4.78 is 31.4. The van der Waals surface area contributed by atoms with Crippen LogP contribution in [0, 0.1) is 11.6 Å². The first-order valence-corrected chi connectivity index (χ1v) is 10.8. The molecule has 1 nitrogen and oxygen atoms in total. The minimum absolute atomic E-state index is 0.405. The zero-order chi connectivity index (χ0) is 16.8. The van der Waals surface area contributed by atoms with Crippen molar-refractivity contribution >= 4 is 35.1 Å². The van der Waals surface area contributed by atoms with E-state index in [4.69, 9.17) is 0 Å². The van der Waals surface area contributed by atoms with Crippen molar-refractivity contribution < 1.29 is 8.78 Å². The van der Waals surface area contributed by atoms with Crippen LogP contribution in [0.3, 0.4) is 0 Å². The molecule has 22 heavy (non-hydrogen) atoms. The van der Waals surface area contributed by atoms with Gasteiger partial charge in [-0.15, -0.1) is 0 Å². The van der Waals surface area contributed by atoms with Crippen LogP contribution in [0.15, 0.2) is 22.8 Å². The van der Waals surface area contributed by atoms with Gasteiger partial charge in [-0.05, 0) is 50.8 Å². The van der Waals surface area contributed by atoms with Crippen LogP contribution in [0.1, 0.15) is 41.5 Å². The first-order chi connectivity index (χ1) is 10.2. The molecular weight excluding hydrogens is 364 g/mol. The Morgan fingerprint density at radius 1 is 0.955 bits per heavy atom. The topological polar surface area (TPSA) is 4.93 Å². The molecule has 0 radical (unpaired) electrons. The van der Waals surface area contributed by atoms with Crippen LogP contribution in [0.4, 0.5) is 8.78 Å². The summed E-state index contributed by atoms with van der Waals surface area (Å²) in [5, 5.41) is 0.754. The van der Waals surface area contributed by atoms with Gasteiger partial charge in [0.2, 0.25) is 0 Å². The van der Waals surface area contributed by atoms with Gasteiger partial charge in [-0.2, -0.15) is 0 Å². The molecular formula is C17H24BrF2NSi. The summed E-state index contributed by atoms with van der Waals surface area (Å²) >= 11 is 3.62. The molecule has 0 aliphatic rings. The fraction of sp³-hybridized carbons (Fsp3) is 0.529. The Labute approximate surface area is 140 Å². The van der Waals surface area contributed by atoms with Crippen molar-refractivity contribution in [1.29, 1.82) is 0 Å². The molecule has 122 valence electrons. The molecule has 0 saturated carbocycles. The van der Waals surface area contributed by atoms with E-state index in [0.717, 1.165) is 9.99 Å². The Morgan fingerprint density at radius 2 is 1.45 bits per heavy atom. The predicted octanol–water partition coefficient (Wildman–Crippen LogP) is 6.71. The summed E-state index contributed by atoms with van der Waals surface area (Å²) in [6.45, 7) is 13.3. The van der Waals surface area contributed by atoms with E-state index in [-0.39, 0.29) is 0 Å². The van der Waals surface area contributed by atoms with Gasteiger partial charge >= 0.3 is 0 Å². The Hall–Kier alpha value is -0.683. The average molecular weight is 388 g/mol. The lowest BCUT2D eigenvalue weighted by molar-refractivity contribution is 0.514. The summed E-state index contributed by atoms with van der Waals surface area (Å²) in [6, 6.07) is 4.78. The van der Waals surface area contributed by atoms with Crippen molar-refractivity contribution in [3.63, 3.8) is 0 Å². The molecule has 0 aliphatic carbocycles. The van der Waals surface area contributed by atoms with Gasteiger partial charge in [-0.1, -0.05) is 41.5 Å². The Bertz CT molecular complexity index is 670. The summed E-state index contributed by atoms with van der Waals surface area (Å²) in [5.41, 5.74) is 1.63. The number of benzene rings is 1. The van der Waals surface area contributed by atoms with Crippen molar-refractivity contribution in [2.24, 2.45) is 0 Å². The third-order valence-electron chi connectivity index (χ3n) is 4.97. The quantitative estimate of drug-likeness (QED) is 0.513. The molecule has 0 atom stereocenters. The van der Waals surface area contributed by atoms with Crippen LogP contribution in [-0.2, 0) is 0 Å². The third-order valence-corrected chi connectivity index (χ3v) is 12.7. The lowest BCUT2D eigenvalue weighted by Gasteiger charge is -2.45. The molecule has 2 aromatic rings. The minimum Gasteiger partial charge on any atom is -0.359 e. The van der Waals surface area contributed by atoms with Crippen LogP contribution >= 0.6 is 15.9 Å². The SMILES string of the molecule is CC(C)[Si](C(C)C)(C(C)C)n1c(Br)cc2ccc(F)c(F)c21. The van der Waals surface area contributed by atoms with Crippen molar-refractivity contribution in [2.75, 3.05) is 0 Å². The van der Waals surface area contributed by atoms with Gasteiger partial charge in [0.15, 0.2) is 19.9 Å². The summed E-state index contributed by atoms with van der Waals surface area (Å²) in [7, 11) is -2.15. The third kappa shape index (κ3) is 2.37. The van der Waals surface area contributed by atoms with Gasteiger partial charge in [-0.3, -0.25) is 0 Å². The van der Waals surface area contributed by atoms with Crippen molar-refractivity contribution in [3.05, 3.63) is 34.4 Å². The van der Waals surface area contributed by atoms with Gasteiger partial charge in [0.25, 0.3) is 0 Å². The second-order valence-corrected chi connectivity index (χ2v) is 13.5. The maximum atomic E-state index is 14.6. The van der Waals surface area contributed by atoms with E-state index in [1.54, 1.807) is 6.07 Å². The van der Waals surface area contributed by atoms with E-state index in [0.29, 0.717) is 22.1 Å². The summed E-state index contributed by atoms with van der Waals surface area (Å²) in [4.78, 5) is 0. The molecule has 0 bridgehead atoms. The molecule has 0 saturated heterocycles. The number of hydrogen-bond donors (Lipinski definition) is 0. The molecule has 1 aromatic heterocycles. The normalized spacial score (nSPS) is 13.1. The molecule has 0 N–H and O–H groups in total. The highest BCUT2D eigenvalue weighted by molar-refractivity contribution is 9.10. The van der Waals surface area contributed by atoms with Crippen molar-refractivity contribution in [1.82, 2.24) is 4.23 Å². The number of halogens is 3. The highest BCUT2D eigenvalue weighted by Crippen LogP contribution is 2.46. The van der Waals surface area contributed by atoms with Crippen LogP contribution in [0.25, 0.3) is 10.9 Å². The molecule has 1 heterocycles. The number of rotatable bonds is 4. The Balaban J connectivity index is 2.97. The molecule has 0 amide bonds. The first-order valence-electron chi connectivity index (χ1n) is 7.81. The Kier molecular flexibility index (Phi) is 4.88. The molecule has 0 aliphatic heterocycles. The van der Waals surface area contributed by atoms with E-state index in [1.165, 1.54) is 6.07 Å². The summed E-state index contributed by atoms with van der Waals surface area (Å²) in [5.74, 6) is -1.51. The first kappa shape index (κ1) is 17.7. The fourth-order valence-corrected chi connectivity index (χ4v) is 12.3. The standard InChI is InChI=1S/C17H24BrF2NSi/c1-10(2)22(11(3)4,12(5)6)21-15(18)9-13-7-8-14(19)16(20)17(13)21/h7-12H,1-6H3. The van der Waals surface area contributed by atoms with Crippen molar-refractivity contribution in [2.45, 2.75) is 58.2 Å². The Morgan fingerprint density at radius 3 is 1.91 bits per heavy atom. The zero-order valence-corrected chi connectivity index (χ0v) is 16.6. The lowest BCUT2D eigenvalue weighted by Crippen LogP contribution is -2.52. The van der Waals surface area contributed by atoms with Crippen LogP contribution in [-0.4, -0.2) is 12.5 Å². The van der Waals surface area contributed by atoms with Crippen LogP contribution in [0.2, 0.25) is 16.6 Å². The van der Waals surface area contributed by atoms with Gasteiger partial charge in [0.1, 0.15) is 0 Å². The lowest BCUT2D eigenvalue weighted by atomic mass is 10.2. The molecule has 0 fully saturated rings. The smallest absolute Gasteiger partial charge is 0.182 e. The van der Waals surface area contributed by atoms with Crippen LogP contribution < -0.4 is 0 Å². The fourth-order valence-electron chi connectivity index (χ4n) is 4.35. The zero-order valence-electron chi connectivity index (χ0n) is 14.0. The summed E-state index contributed by atoms with van der Waals surface area (Å²) in [6.07, 6.45) is 0. The predicted molar refractivity (Wildman–Crippen MR) is 96.0 cm³/mol. The second kappa shape index (κ2) is 6.08. The van der Waals surface area contributed by atoms with E-state index < -0.39 is 19.9 Å². The van der Waals surface area contributed by atoms with E-state index in [2.05, 4.69) is 61.7 Å². The molecule has 1 aromatic carbocycles. The second-order valence-electron chi connectivity index (χ2n) is 6.95. The molecule has 0 spiro atoms. The van der Waals surface area contributed by atoms with Gasteiger partial charge in [0, 0.05) is 5.39 Å². The van der Waals surface area contributed by atoms with Gasteiger partial charge in [0.05, 0.1) is 10.1 Å². The van der Waals surface area contributed by atoms with E-state index in [9.17, 15) is 8.78 Å². The number of hydrogen-bond acceptors (Lipinski definition) is 0. The van der Waals surface area contributed by atoms with Gasteiger partial charge < -0.3 is 4.23 Å². The van der Waals surface area contributed by atoms with Crippen molar-refractivity contribution in [3.8, 4) is 0 Å². The monoisotopic (exact) mass is 387 g/mol. The molecule has 5 heteroatoms. The molecule has 0 unspecified atom stereocenters. The number of nitrogens with zero attached hydrogens (tertiary/aromatic N) is 1. The average Bonchev–Trinajstić information content (AvgIpc) is 2.72. The largest absolute Gasteiger partial charge is 0.359 e. The highest BCUT2D eigenvalue weighted by atomic mass is 79.9. The number of fused-ring (bicyclic) bond motifs is 1. The van der Waals surface area contributed by atoms with Crippen LogP contribution in [0.5, 0.6) is 0 Å². The van der Waals surface area contributed by atoms with E-state index in [1.807, 2.05) is 6.07 Å². The molecule has 2 rings (SSSR count).